The van der Waals surface area contributed by atoms with Crippen LogP contribution in [0, 0.1) is 19.8 Å². The van der Waals surface area contributed by atoms with Gasteiger partial charge in [-0.2, -0.15) is 0 Å². The topological polar surface area (TPSA) is 79.2 Å². The van der Waals surface area contributed by atoms with E-state index in [9.17, 15) is 9.59 Å². The van der Waals surface area contributed by atoms with Gasteiger partial charge in [0.15, 0.2) is 0 Å². The molecule has 0 radical (unpaired) electrons. The number of carbonyl (C=O) groups excluding carboxylic acids is 1. The average molecular weight is 393 g/mol. The zero-order valence-electron chi connectivity index (χ0n) is 17.4. The first-order valence-electron chi connectivity index (χ1n) is 9.79. The summed E-state index contributed by atoms with van der Waals surface area (Å²) in [6.45, 7) is 8.12. The van der Waals surface area contributed by atoms with Crippen molar-refractivity contribution in [2.75, 3.05) is 0 Å². The second kappa shape index (κ2) is 8.90. The van der Waals surface area contributed by atoms with E-state index >= 15 is 0 Å². The number of carbonyl (C=O) groups is 1. The van der Waals surface area contributed by atoms with E-state index in [0.717, 1.165) is 11.1 Å². The maximum absolute atomic E-state index is 12.7. The summed E-state index contributed by atoms with van der Waals surface area (Å²) in [4.78, 5) is 34.5. The quantitative estimate of drug-likeness (QED) is 0.663. The molecule has 0 saturated carbocycles. The van der Waals surface area contributed by atoms with E-state index in [0.29, 0.717) is 35.8 Å². The number of aromatic amines is 1. The molecule has 1 amide bonds. The molecule has 152 valence electrons. The van der Waals surface area contributed by atoms with E-state index in [4.69, 9.17) is 4.42 Å². The number of H-pyrrole nitrogens is 1. The van der Waals surface area contributed by atoms with Gasteiger partial charge in [0.1, 0.15) is 11.6 Å². The largest absolute Gasteiger partial charge is 0.467 e. The monoisotopic (exact) mass is 393 g/mol. The number of aryl methyl sites for hydroxylation is 2. The molecule has 0 aliphatic rings. The highest BCUT2D eigenvalue weighted by Crippen LogP contribution is 2.14. The molecule has 1 aromatic carbocycles. The SMILES string of the molecule is Cc1cccc(Cc2c(C)nc(CN(Cc3ccco3)C(=O)C(C)C)[nH]c2=O)c1. The van der Waals surface area contributed by atoms with Crippen LogP contribution in [0.25, 0.3) is 0 Å². The summed E-state index contributed by atoms with van der Waals surface area (Å²) in [6, 6.07) is 11.7. The van der Waals surface area contributed by atoms with Crippen LogP contribution in [0.5, 0.6) is 0 Å². The van der Waals surface area contributed by atoms with Crippen molar-refractivity contribution in [2.24, 2.45) is 5.92 Å². The summed E-state index contributed by atoms with van der Waals surface area (Å²) in [5.74, 6) is 0.971. The number of aromatic nitrogens is 2. The van der Waals surface area contributed by atoms with Gasteiger partial charge in [0, 0.05) is 23.6 Å². The normalized spacial score (nSPS) is 11.1. The van der Waals surface area contributed by atoms with Crippen molar-refractivity contribution in [3.63, 3.8) is 0 Å². The average Bonchev–Trinajstić information content (AvgIpc) is 3.17. The van der Waals surface area contributed by atoms with E-state index < -0.39 is 0 Å². The maximum Gasteiger partial charge on any atom is 0.254 e. The zero-order valence-corrected chi connectivity index (χ0v) is 17.4. The van der Waals surface area contributed by atoms with Gasteiger partial charge in [-0.05, 0) is 31.5 Å². The number of nitrogens with one attached hydrogen (secondary N) is 1. The fourth-order valence-corrected chi connectivity index (χ4v) is 3.33. The van der Waals surface area contributed by atoms with Crippen LogP contribution in [0.2, 0.25) is 0 Å². The van der Waals surface area contributed by atoms with Gasteiger partial charge in [-0.1, -0.05) is 43.7 Å². The Bertz CT molecular complexity index is 1040. The first kappa shape index (κ1) is 20.6. The minimum absolute atomic E-state index is 0.0226. The molecule has 0 fully saturated rings. The predicted molar refractivity (Wildman–Crippen MR) is 111 cm³/mol. The van der Waals surface area contributed by atoms with E-state index in [2.05, 4.69) is 16.0 Å². The Morgan fingerprint density at radius 2 is 1.97 bits per heavy atom. The Labute approximate surface area is 170 Å². The number of furan rings is 1. The van der Waals surface area contributed by atoms with Gasteiger partial charge in [-0.3, -0.25) is 9.59 Å². The highest BCUT2D eigenvalue weighted by Gasteiger charge is 2.20. The Kier molecular flexibility index (Phi) is 6.32. The Hall–Kier alpha value is -3.15. The van der Waals surface area contributed by atoms with Crippen molar-refractivity contribution >= 4 is 5.91 Å². The summed E-state index contributed by atoms with van der Waals surface area (Å²) in [6.07, 6.45) is 2.11. The standard InChI is InChI=1S/C23H27N3O3/c1-15(2)23(28)26(13-19-9-6-10-29-19)14-21-24-17(4)20(22(27)25-21)12-18-8-5-7-16(3)11-18/h5-11,15H,12-14H2,1-4H3,(H,24,25,27). The molecule has 0 spiro atoms. The molecule has 0 atom stereocenters. The van der Waals surface area contributed by atoms with Gasteiger partial charge in [0.25, 0.3) is 5.56 Å². The number of hydrogen-bond acceptors (Lipinski definition) is 4. The minimum atomic E-state index is -0.168. The van der Waals surface area contributed by atoms with Gasteiger partial charge < -0.3 is 14.3 Å². The second-order valence-corrected chi connectivity index (χ2v) is 7.67. The van der Waals surface area contributed by atoms with E-state index in [1.165, 1.54) is 0 Å². The summed E-state index contributed by atoms with van der Waals surface area (Å²) in [7, 11) is 0. The van der Waals surface area contributed by atoms with Gasteiger partial charge >= 0.3 is 0 Å². The van der Waals surface area contributed by atoms with Crippen LogP contribution >= 0.6 is 0 Å². The Morgan fingerprint density at radius 3 is 2.59 bits per heavy atom. The molecule has 0 unspecified atom stereocenters. The lowest BCUT2D eigenvalue weighted by molar-refractivity contribution is -0.136. The molecule has 1 N–H and O–H groups in total. The van der Waals surface area contributed by atoms with Crippen LogP contribution in [0.4, 0.5) is 0 Å². The molecule has 0 aliphatic heterocycles. The molecule has 3 aromatic rings. The van der Waals surface area contributed by atoms with Gasteiger partial charge in [0.2, 0.25) is 5.91 Å². The van der Waals surface area contributed by atoms with Crippen LogP contribution in [0.15, 0.2) is 51.9 Å². The number of benzene rings is 1. The van der Waals surface area contributed by atoms with E-state index in [1.807, 2.05) is 52.0 Å². The van der Waals surface area contributed by atoms with Crippen LogP contribution < -0.4 is 5.56 Å². The first-order chi connectivity index (χ1) is 13.8. The van der Waals surface area contributed by atoms with Crippen LogP contribution in [0.1, 0.15) is 47.8 Å². The molecule has 0 aliphatic carbocycles. The second-order valence-electron chi connectivity index (χ2n) is 7.67. The number of rotatable bonds is 7. The first-order valence-corrected chi connectivity index (χ1v) is 9.79. The third kappa shape index (κ3) is 5.22. The fraction of sp³-hybridized carbons (Fsp3) is 0.348. The molecule has 29 heavy (non-hydrogen) atoms. The fourth-order valence-electron chi connectivity index (χ4n) is 3.33. The number of nitrogens with zero attached hydrogens (tertiary/aromatic N) is 2. The minimum Gasteiger partial charge on any atom is -0.467 e. The third-order valence-electron chi connectivity index (χ3n) is 4.81. The number of hydrogen-bond donors (Lipinski definition) is 1. The third-order valence-corrected chi connectivity index (χ3v) is 4.81. The van der Waals surface area contributed by atoms with Crippen LogP contribution in [0.3, 0.4) is 0 Å². The lowest BCUT2D eigenvalue weighted by Gasteiger charge is -2.23. The van der Waals surface area contributed by atoms with Gasteiger partial charge in [-0.15, -0.1) is 0 Å². The van der Waals surface area contributed by atoms with Crippen molar-refractivity contribution in [1.29, 1.82) is 0 Å². The summed E-state index contributed by atoms with van der Waals surface area (Å²) < 4.78 is 5.39. The highest BCUT2D eigenvalue weighted by molar-refractivity contribution is 5.78. The molecule has 2 aromatic heterocycles. The van der Waals surface area contributed by atoms with Crippen molar-refractivity contribution in [3.8, 4) is 0 Å². The predicted octanol–water partition coefficient (Wildman–Crippen LogP) is 3.76. The van der Waals surface area contributed by atoms with Crippen molar-refractivity contribution in [2.45, 2.75) is 47.2 Å². The van der Waals surface area contributed by atoms with Crippen LogP contribution in [-0.4, -0.2) is 20.8 Å². The van der Waals surface area contributed by atoms with E-state index in [1.54, 1.807) is 17.2 Å². The summed E-state index contributed by atoms with van der Waals surface area (Å²) in [5, 5.41) is 0. The van der Waals surface area contributed by atoms with Crippen molar-refractivity contribution in [3.05, 3.63) is 87.0 Å². The summed E-state index contributed by atoms with van der Waals surface area (Å²) >= 11 is 0. The maximum atomic E-state index is 12.7. The van der Waals surface area contributed by atoms with Crippen molar-refractivity contribution in [1.82, 2.24) is 14.9 Å². The van der Waals surface area contributed by atoms with Gasteiger partial charge in [0.05, 0.1) is 19.4 Å². The molecule has 0 bridgehead atoms. The lowest BCUT2D eigenvalue weighted by Crippen LogP contribution is -2.35. The van der Waals surface area contributed by atoms with Gasteiger partial charge in [-0.25, -0.2) is 4.98 Å². The zero-order chi connectivity index (χ0) is 21.0. The van der Waals surface area contributed by atoms with E-state index in [-0.39, 0.29) is 23.9 Å². The van der Waals surface area contributed by atoms with Crippen molar-refractivity contribution < 1.29 is 9.21 Å². The lowest BCUT2D eigenvalue weighted by atomic mass is 10.0. The molecule has 3 rings (SSSR count). The molecular weight excluding hydrogens is 366 g/mol. The molecular formula is C23H27N3O3. The molecule has 6 heteroatoms. The Morgan fingerprint density at radius 1 is 1.17 bits per heavy atom. The molecule has 6 nitrogen and oxygen atoms in total. The smallest absolute Gasteiger partial charge is 0.254 e. The van der Waals surface area contributed by atoms with Crippen LogP contribution in [-0.2, 0) is 24.3 Å². The number of amides is 1. The highest BCUT2D eigenvalue weighted by atomic mass is 16.3. The summed E-state index contributed by atoms with van der Waals surface area (Å²) in [5.41, 5.74) is 3.39. The molecule has 2 heterocycles. The molecule has 0 saturated heterocycles. The Balaban J connectivity index is 1.84.